The molecular weight excluding hydrogens is 811 g/mol. The normalized spacial score (nSPS) is 13.5. The summed E-state index contributed by atoms with van der Waals surface area (Å²) >= 11 is 0. The summed E-state index contributed by atoms with van der Waals surface area (Å²) in [5.41, 5.74) is 0. The minimum atomic E-state index is -1.16. The number of carbonyl (C=O) groups is 1. The van der Waals surface area contributed by atoms with E-state index in [-0.39, 0.29) is 12.5 Å². The SMILES string of the molecule is CCCCCCCCCC/C=C/CCCC(O)C(O)C(CO)NC(=O)CCCCCCCCCCCCCCCCCCC/C=C\C/C=C\CCCCCCCCCCCCCCCCC. The fourth-order valence-corrected chi connectivity index (χ4v) is 9.37. The van der Waals surface area contributed by atoms with Crippen LogP contribution in [0.25, 0.3) is 0 Å². The fourth-order valence-electron chi connectivity index (χ4n) is 9.37. The van der Waals surface area contributed by atoms with Crippen molar-refractivity contribution in [1.82, 2.24) is 5.32 Å². The molecule has 0 aromatic rings. The first-order chi connectivity index (χ1) is 32.6. The number of hydrogen-bond donors (Lipinski definition) is 4. The number of aliphatic hydroxyl groups is 3. The second-order valence-corrected chi connectivity index (χ2v) is 20.5. The van der Waals surface area contributed by atoms with Crippen molar-refractivity contribution in [1.29, 1.82) is 0 Å². The third kappa shape index (κ3) is 50.4. The van der Waals surface area contributed by atoms with Gasteiger partial charge >= 0.3 is 0 Å². The van der Waals surface area contributed by atoms with Crippen LogP contribution in [0.4, 0.5) is 0 Å². The molecule has 0 heterocycles. The lowest BCUT2D eigenvalue weighted by Gasteiger charge is -2.26. The molecule has 0 aliphatic rings. The molecule has 0 aliphatic carbocycles. The predicted molar refractivity (Wildman–Crippen MR) is 291 cm³/mol. The maximum atomic E-state index is 12.5. The lowest BCUT2D eigenvalue weighted by atomic mass is 10.0. The summed E-state index contributed by atoms with van der Waals surface area (Å²) in [6.07, 6.45) is 73.4. The molecule has 3 atom stereocenters. The number of rotatable bonds is 55. The zero-order valence-electron chi connectivity index (χ0n) is 44.6. The van der Waals surface area contributed by atoms with E-state index >= 15 is 0 Å². The summed E-state index contributed by atoms with van der Waals surface area (Å²) in [5, 5.41) is 33.6. The molecule has 0 spiro atoms. The highest BCUT2D eigenvalue weighted by Gasteiger charge is 2.26. The summed E-state index contributed by atoms with van der Waals surface area (Å²) in [4.78, 5) is 12.5. The fraction of sp³-hybridized carbons (Fsp3) is 0.885. The monoisotopic (exact) mass is 928 g/mol. The van der Waals surface area contributed by atoms with Crippen LogP contribution in [0.1, 0.15) is 322 Å². The first-order valence-corrected chi connectivity index (χ1v) is 29.8. The van der Waals surface area contributed by atoms with Crippen LogP contribution in [-0.4, -0.2) is 46.1 Å². The summed E-state index contributed by atoms with van der Waals surface area (Å²) in [6.45, 7) is 4.18. The maximum Gasteiger partial charge on any atom is 0.220 e. The molecule has 0 saturated heterocycles. The van der Waals surface area contributed by atoms with Crippen LogP contribution in [0.2, 0.25) is 0 Å². The molecule has 1 amide bonds. The standard InChI is InChI=1S/C61H117NO4/c1-3-5-7-9-11-13-15-17-18-19-20-21-22-23-24-25-26-27-28-29-30-31-32-33-34-35-36-37-38-39-40-41-42-44-46-48-50-52-54-56-60(65)62-58(57-63)61(66)59(64)55-53-51-49-47-45-43-16-14-12-10-8-6-4-2/h26-27,29-30,47,49,58-59,61,63-64,66H,3-25,28,31-46,48,50-57H2,1-2H3,(H,62,65)/b27-26-,30-29-,49-47+. The molecule has 0 aliphatic heterocycles. The highest BCUT2D eigenvalue weighted by molar-refractivity contribution is 5.76. The van der Waals surface area contributed by atoms with Gasteiger partial charge in [0.25, 0.3) is 0 Å². The Kier molecular flexibility index (Phi) is 54.9. The van der Waals surface area contributed by atoms with E-state index in [0.29, 0.717) is 12.8 Å². The largest absolute Gasteiger partial charge is 0.394 e. The van der Waals surface area contributed by atoms with Crippen molar-refractivity contribution in [3.63, 3.8) is 0 Å². The molecule has 66 heavy (non-hydrogen) atoms. The molecular formula is C61H117NO4. The molecule has 4 N–H and O–H groups in total. The molecule has 0 rings (SSSR count). The van der Waals surface area contributed by atoms with Gasteiger partial charge in [-0.05, 0) is 70.6 Å². The van der Waals surface area contributed by atoms with E-state index < -0.39 is 18.2 Å². The number of aliphatic hydroxyl groups excluding tert-OH is 3. The molecule has 5 heteroatoms. The quantitative estimate of drug-likeness (QED) is 0.0361. The van der Waals surface area contributed by atoms with Gasteiger partial charge in [0, 0.05) is 6.42 Å². The Hall–Kier alpha value is -1.43. The molecule has 390 valence electrons. The van der Waals surface area contributed by atoms with Crippen molar-refractivity contribution in [3.05, 3.63) is 36.5 Å². The topological polar surface area (TPSA) is 89.8 Å². The molecule has 3 unspecified atom stereocenters. The van der Waals surface area contributed by atoms with E-state index in [1.54, 1.807) is 0 Å². The van der Waals surface area contributed by atoms with Crippen LogP contribution < -0.4 is 5.32 Å². The van der Waals surface area contributed by atoms with E-state index in [2.05, 4.69) is 55.6 Å². The molecule has 0 aromatic heterocycles. The van der Waals surface area contributed by atoms with Gasteiger partial charge in [0.15, 0.2) is 0 Å². The first-order valence-electron chi connectivity index (χ1n) is 29.8. The van der Waals surface area contributed by atoms with E-state index in [9.17, 15) is 20.1 Å². The average molecular weight is 929 g/mol. The summed E-state index contributed by atoms with van der Waals surface area (Å²) in [6, 6.07) is -0.825. The van der Waals surface area contributed by atoms with E-state index in [0.717, 1.165) is 44.9 Å². The van der Waals surface area contributed by atoms with Crippen LogP contribution in [0.3, 0.4) is 0 Å². The van der Waals surface area contributed by atoms with Gasteiger partial charge in [-0.25, -0.2) is 0 Å². The van der Waals surface area contributed by atoms with Crippen LogP contribution in [0.15, 0.2) is 36.5 Å². The molecule has 0 aromatic carbocycles. The summed E-state index contributed by atoms with van der Waals surface area (Å²) in [5.74, 6) is -0.151. The Labute approximate surface area is 413 Å². The highest BCUT2D eigenvalue weighted by Crippen LogP contribution is 2.17. The summed E-state index contributed by atoms with van der Waals surface area (Å²) in [7, 11) is 0. The van der Waals surface area contributed by atoms with Gasteiger partial charge in [-0.1, -0.05) is 281 Å². The van der Waals surface area contributed by atoms with Crippen LogP contribution in [-0.2, 0) is 4.79 Å². The smallest absolute Gasteiger partial charge is 0.220 e. The van der Waals surface area contributed by atoms with Crippen LogP contribution >= 0.6 is 0 Å². The minimum absolute atomic E-state index is 0.151. The minimum Gasteiger partial charge on any atom is -0.394 e. The Morgan fingerprint density at radius 3 is 0.970 bits per heavy atom. The third-order valence-electron chi connectivity index (χ3n) is 14.0. The van der Waals surface area contributed by atoms with Crippen LogP contribution in [0.5, 0.6) is 0 Å². The van der Waals surface area contributed by atoms with E-state index in [1.807, 2.05) is 0 Å². The number of hydrogen-bond acceptors (Lipinski definition) is 4. The number of allylic oxidation sites excluding steroid dienone is 6. The van der Waals surface area contributed by atoms with Gasteiger partial charge in [0.1, 0.15) is 6.10 Å². The van der Waals surface area contributed by atoms with Crippen molar-refractivity contribution in [3.8, 4) is 0 Å². The lowest BCUT2D eigenvalue weighted by Crippen LogP contribution is -2.50. The number of carbonyl (C=O) groups excluding carboxylic acids is 1. The Morgan fingerprint density at radius 1 is 0.379 bits per heavy atom. The van der Waals surface area contributed by atoms with Gasteiger partial charge in [0.05, 0.1) is 18.8 Å². The molecule has 5 nitrogen and oxygen atoms in total. The number of unbranched alkanes of at least 4 members (excludes halogenated alkanes) is 41. The Morgan fingerprint density at radius 2 is 0.652 bits per heavy atom. The van der Waals surface area contributed by atoms with Crippen molar-refractivity contribution in [2.75, 3.05) is 6.61 Å². The van der Waals surface area contributed by atoms with E-state index in [1.165, 1.54) is 250 Å². The highest BCUT2D eigenvalue weighted by atomic mass is 16.3. The van der Waals surface area contributed by atoms with Gasteiger partial charge in [-0.15, -0.1) is 0 Å². The molecule has 0 bridgehead atoms. The van der Waals surface area contributed by atoms with Crippen molar-refractivity contribution in [2.45, 2.75) is 340 Å². The van der Waals surface area contributed by atoms with Crippen molar-refractivity contribution >= 4 is 5.91 Å². The van der Waals surface area contributed by atoms with Gasteiger partial charge in [0.2, 0.25) is 5.91 Å². The average Bonchev–Trinajstić information content (AvgIpc) is 3.32. The van der Waals surface area contributed by atoms with Gasteiger partial charge in [-0.3, -0.25) is 4.79 Å². The number of nitrogens with one attached hydrogen (secondary N) is 1. The van der Waals surface area contributed by atoms with E-state index in [4.69, 9.17) is 0 Å². The van der Waals surface area contributed by atoms with Crippen molar-refractivity contribution in [2.24, 2.45) is 0 Å². The van der Waals surface area contributed by atoms with Gasteiger partial charge < -0.3 is 20.6 Å². The molecule has 0 saturated carbocycles. The van der Waals surface area contributed by atoms with Gasteiger partial charge in [-0.2, -0.15) is 0 Å². The maximum absolute atomic E-state index is 12.5. The molecule has 0 fully saturated rings. The second kappa shape index (κ2) is 56.2. The first kappa shape index (κ1) is 64.6. The molecule has 0 radical (unpaired) electrons. The zero-order chi connectivity index (χ0) is 47.9. The van der Waals surface area contributed by atoms with Crippen molar-refractivity contribution < 1.29 is 20.1 Å². The Bertz CT molecular complexity index is 1020. The summed E-state index contributed by atoms with van der Waals surface area (Å²) < 4.78 is 0. The lowest BCUT2D eigenvalue weighted by molar-refractivity contribution is -0.124. The van der Waals surface area contributed by atoms with Crippen LogP contribution in [0, 0.1) is 0 Å². The Balaban J connectivity index is 3.46. The number of amides is 1. The zero-order valence-corrected chi connectivity index (χ0v) is 44.6. The second-order valence-electron chi connectivity index (χ2n) is 20.5. The predicted octanol–water partition coefficient (Wildman–Crippen LogP) is 18.6. The third-order valence-corrected chi connectivity index (χ3v) is 14.0.